The first-order chi connectivity index (χ1) is 31.8. The summed E-state index contributed by atoms with van der Waals surface area (Å²) in [4.78, 5) is 62.3. The van der Waals surface area contributed by atoms with Crippen LogP contribution in [0.15, 0.2) is 0 Å². The Morgan fingerprint density at radius 2 is 0.682 bits per heavy atom. The van der Waals surface area contributed by atoms with Gasteiger partial charge in [-0.25, -0.2) is 0 Å². The zero-order chi connectivity index (χ0) is 49.2. The fraction of sp³-hybridized carbons (Fsp3) is 0.926. The van der Waals surface area contributed by atoms with E-state index in [4.69, 9.17) is 9.47 Å². The molecule has 4 amide bonds. The molecule has 0 heterocycles. The highest BCUT2D eigenvalue weighted by atomic mass is 16.5. The van der Waals surface area contributed by atoms with E-state index in [1.807, 2.05) is 65.7 Å². The van der Waals surface area contributed by atoms with Crippen LogP contribution in [0.2, 0.25) is 0 Å². The van der Waals surface area contributed by atoms with Crippen LogP contribution in [0.4, 0.5) is 0 Å². The molecule has 0 aliphatic rings. The summed E-state index contributed by atoms with van der Waals surface area (Å²) >= 11 is 0. The van der Waals surface area contributed by atoms with Gasteiger partial charge in [-0.1, -0.05) is 170 Å². The maximum Gasteiger partial charge on any atom is 0.243 e. The van der Waals surface area contributed by atoms with Crippen LogP contribution < -0.4 is 10.6 Å². The van der Waals surface area contributed by atoms with Crippen molar-refractivity contribution in [1.82, 2.24) is 30.2 Å². The number of nitrogens with zero attached hydrogens (tertiary/aromatic N) is 4. The Labute approximate surface area is 407 Å². The zero-order valence-corrected chi connectivity index (χ0v) is 45.0. The van der Waals surface area contributed by atoms with E-state index < -0.39 is 12.1 Å². The van der Waals surface area contributed by atoms with Crippen LogP contribution in [0.3, 0.4) is 0 Å². The average Bonchev–Trinajstić information content (AvgIpc) is 3.26. The molecule has 0 aromatic heterocycles. The molecule has 0 aliphatic heterocycles. The molecule has 0 aliphatic carbocycles. The largest absolute Gasteiger partial charge is 0.377 e. The minimum atomic E-state index is -0.529. The Hall–Kier alpha value is -2.28. The van der Waals surface area contributed by atoms with E-state index in [1.54, 1.807) is 0 Å². The first kappa shape index (κ1) is 63.7. The topological polar surface area (TPSA) is 124 Å². The zero-order valence-electron chi connectivity index (χ0n) is 45.0. The first-order valence-electron chi connectivity index (χ1n) is 27.4. The summed E-state index contributed by atoms with van der Waals surface area (Å²) in [7, 11) is 8.12. The number of rotatable bonds is 47. The summed E-state index contributed by atoms with van der Waals surface area (Å²) in [5.74, 6) is -0.176. The molecule has 0 saturated heterocycles. The quantitative estimate of drug-likeness (QED) is 0.0579. The third-order valence-corrected chi connectivity index (χ3v) is 12.6. The van der Waals surface area contributed by atoms with Crippen molar-refractivity contribution in [3.63, 3.8) is 0 Å². The van der Waals surface area contributed by atoms with E-state index in [2.05, 4.69) is 34.3 Å². The summed E-state index contributed by atoms with van der Waals surface area (Å²) in [5.41, 5.74) is 0. The van der Waals surface area contributed by atoms with Gasteiger partial charge in [0, 0.05) is 39.0 Å². The second kappa shape index (κ2) is 44.0. The van der Waals surface area contributed by atoms with E-state index >= 15 is 0 Å². The van der Waals surface area contributed by atoms with Crippen molar-refractivity contribution in [2.24, 2.45) is 11.8 Å². The molecule has 12 nitrogen and oxygen atoms in total. The molecule has 390 valence electrons. The van der Waals surface area contributed by atoms with E-state index in [0.29, 0.717) is 65.4 Å². The van der Waals surface area contributed by atoms with Gasteiger partial charge in [-0.2, -0.15) is 0 Å². The van der Waals surface area contributed by atoms with E-state index in [1.165, 1.54) is 103 Å². The number of carbonyl (C=O) groups excluding carboxylic acids is 4. The molecular weight excluding hydrogens is 829 g/mol. The number of unbranched alkanes of at least 4 members (excludes halogenated alkanes) is 20. The smallest absolute Gasteiger partial charge is 0.243 e. The van der Waals surface area contributed by atoms with Crippen molar-refractivity contribution in [2.75, 3.05) is 93.9 Å². The monoisotopic (exact) mass is 937 g/mol. The Kier molecular flexibility index (Phi) is 42.4. The van der Waals surface area contributed by atoms with Gasteiger partial charge < -0.3 is 39.7 Å². The highest BCUT2D eigenvalue weighted by molar-refractivity contribution is 5.88. The number of carbonyl (C=O) groups is 4. The van der Waals surface area contributed by atoms with Crippen LogP contribution in [-0.2, 0) is 28.7 Å². The summed E-state index contributed by atoms with van der Waals surface area (Å²) in [6, 6.07) is -1.06. The van der Waals surface area contributed by atoms with Crippen molar-refractivity contribution in [3.8, 4) is 0 Å². The van der Waals surface area contributed by atoms with Gasteiger partial charge in [-0.15, -0.1) is 0 Å². The fourth-order valence-corrected chi connectivity index (χ4v) is 8.75. The van der Waals surface area contributed by atoms with Crippen molar-refractivity contribution in [3.05, 3.63) is 0 Å². The highest BCUT2D eigenvalue weighted by Gasteiger charge is 2.33. The molecule has 0 aromatic rings. The summed E-state index contributed by atoms with van der Waals surface area (Å²) in [6.45, 7) is 17.5. The van der Waals surface area contributed by atoms with Crippen LogP contribution in [0, 0.1) is 11.8 Å². The van der Waals surface area contributed by atoms with Gasteiger partial charge in [0.05, 0.1) is 26.4 Å². The lowest BCUT2D eigenvalue weighted by atomic mass is 9.99. The highest BCUT2D eigenvalue weighted by Crippen LogP contribution is 2.19. The molecule has 0 aromatic carbocycles. The molecule has 0 rings (SSSR count). The van der Waals surface area contributed by atoms with Gasteiger partial charge in [-0.05, 0) is 78.8 Å². The van der Waals surface area contributed by atoms with Crippen LogP contribution >= 0.6 is 0 Å². The van der Waals surface area contributed by atoms with Crippen LogP contribution in [-0.4, -0.2) is 149 Å². The third kappa shape index (κ3) is 34.9. The number of amides is 4. The lowest BCUT2D eigenvalue weighted by Gasteiger charge is -2.34. The van der Waals surface area contributed by atoms with Crippen molar-refractivity contribution < 1.29 is 28.7 Å². The van der Waals surface area contributed by atoms with Gasteiger partial charge in [0.1, 0.15) is 12.1 Å². The van der Waals surface area contributed by atoms with Gasteiger partial charge >= 0.3 is 0 Å². The summed E-state index contributed by atoms with van der Waals surface area (Å²) in [6.07, 6.45) is 29.8. The molecule has 0 fully saturated rings. The van der Waals surface area contributed by atoms with Crippen LogP contribution in [0.5, 0.6) is 0 Å². The van der Waals surface area contributed by atoms with Crippen molar-refractivity contribution in [1.29, 1.82) is 0 Å². The third-order valence-electron chi connectivity index (χ3n) is 12.6. The second-order valence-electron chi connectivity index (χ2n) is 20.2. The van der Waals surface area contributed by atoms with Gasteiger partial charge in [0.15, 0.2) is 0 Å². The predicted octanol–water partition coefficient (Wildman–Crippen LogP) is 10.3. The first-order valence-corrected chi connectivity index (χ1v) is 27.4. The lowest BCUT2D eigenvalue weighted by molar-refractivity contribution is -0.142. The molecule has 0 bridgehead atoms. The van der Waals surface area contributed by atoms with Crippen LogP contribution in [0.25, 0.3) is 0 Å². The van der Waals surface area contributed by atoms with Crippen molar-refractivity contribution >= 4 is 23.6 Å². The Bertz CT molecular complexity index is 1080. The predicted molar refractivity (Wildman–Crippen MR) is 277 cm³/mol. The number of hydrogen-bond donors (Lipinski definition) is 2. The normalized spacial score (nSPS) is 12.6. The summed E-state index contributed by atoms with van der Waals surface area (Å²) < 4.78 is 11.6. The average molecular weight is 937 g/mol. The maximum atomic E-state index is 13.6. The van der Waals surface area contributed by atoms with Gasteiger partial charge in [0.25, 0.3) is 0 Å². The van der Waals surface area contributed by atoms with E-state index in [0.717, 1.165) is 64.5 Å². The minimum Gasteiger partial charge on any atom is -0.377 e. The lowest BCUT2D eigenvalue weighted by Crippen LogP contribution is -2.53. The van der Waals surface area contributed by atoms with Crippen molar-refractivity contribution in [2.45, 2.75) is 221 Å². The minimum absolute atomic E-state index is 0.0258. The molecule has 12 heteroatoms. The van der Waals surface area contributed by atoms with Gasteiger partial charge in [-0.3, -0.25) is 19.2 Å². The molecule has 66 heavy (non-hydrogen) atoms. The maximum absolute atomic E-state index is 13.6. The Morgan fingerprint density at radius 1 is 0.394 bits per heavy atom. The van der Waals surface area contributed by atoms with Gasteiger partial charge in [0.2, 0.25) is 23.6 Å². The van der Waals surface area contributed by atoms with E-state index in [9.17, 15) is 19.2 Å². The molecule has 2 atom stereocenters. The summed E-state index contributed by atoms with van der Waals surface area (Å²) in [5, 5.41) is 6.06. The number of nitrogens with one attached hydrogen (secondary N) is 2. The SMILES string of the molecule is CCCCCCCCCCCCCC(=O)N(CCCN(C)C)C(C(=O)NCCOCCOCCNC(=O)C(C(C)C)N(CCCN(C)C)C(=O)CCCCCCCCCCCCC)C(C)C. The number of hydrogen-bond acceptors (Lipinski definition) is 8. The number of ether oxygens (including phenoxy) is 2. The molecule has 2 N–H and O–H groups in total. The molecular formula is C54H108N6O6. The molecule has 2 unspecified atom stereocenters. The fourth-order valence-electron chi connectivity index (χ4n) is 8.75. The molecule has 0 spiro atoms. The Morgan fingerprint density at radius 3 is 0.955 bits per heavy atom. The molecule has 0 radical (unpaired) electrons. The molecule has 0 saturated carbocycles. The van der Waals surface area contributed by atoms with Crippen LogP contribution in [0.1, 0.15) is 208 Å². The van der Waals surface area contributed by atoms with E-state index in [-0.39, 0.29) is 35.5 Å². The second-order valence-corrected chi connectivity index (χ2v) is 20.2. The standard InChI is InChI=1S/C54H108N6O6/c1-11-13-15-17-19-21-23-25-27-29-31-35-49(61)59(41-33-39-57(7)8)51(47(3)4)53(63)55-37-43-65-45-46-66-44-38-56-54(64)52(48(5)6)60(42-34-40-58(9)10)50(62)36-32-30-28-26-24-22-20-18-16-14-12-2/h47-48,51-52H,11-46H2,1-10H3,(H,55,63)(H,56,64). The Balaban J connectivity index is 4.79.